The first-order valence-electron chi connectivity index (χ1n) is 6.46. The molecule has 0 radical (unpaired) electrons. The van der Waals surface area contributed by atoms with Crippen molar-refractivity contribution in [3.63, 3.8) is 0 Å². The number of piperidine rings is 1. The Morgan fingerprint density at radius 3 is 2.78 bits per heavy atom. The lowest BCUT2D eigenvalue weighted by Crippen LogP contribution is -2.35. The number of hydrogen-bond acceptors (Lipinski definition) is 3. The Balaban J connectivity index is 2.24. The summed E-state index contributed by atoms with van der Waals surface area (Å²) in [5.41, 5.74) is 2.51. The van der Waals surface area contributed by atoms with Crippen LogP contribution in [-0.2, 0) is 0 Å². The van der Waals surface area contributed by atoms with Crippen molar-refractivity contribution < 1.29 is 0 Å². The number of para-hydroxylation sites is 2. The number of nitrogens with zero attached hydrogens (tertiary/aromatic N) is 2. The molecule has 1 aliphatic heterocycles. The lowest BCUT2D eigenvalue weighted by molar-refractivity contribution is 0.367. The number of benzene rings is 1. The van der Waals surface area contributed by atoms with E-state index in [0.29, 0.717) is 11.7 Å². The van der Waals surface area contributed by atoms with E-state index in [2.05, 4.69) is 10.3 Å². The highest BCUT2D eigenvalue weighted by Gasteiger charge is 2.19. The van der Waals surface area contributed by atoms with Crippen molar-refractivity contribution in [2.75, 3.05) is 13.1 Å². The van der Waals surface area contributed by atoms with Crippen molar-refractivity contribution in [3.05, 3.63) is 40.3 Å². The molecule has 0 atom stereocenters. The van der Waals surface area contributed by atoms with Crippen molar-refractivity contribution in [1.82, 2.24) is 14.9 Å². The summed E-state index contributed by atoms with van der Waals surface area (Å²) in [5.74, 6) is 0. The molecule has 0 bridgehead atoms. The number of aromatic nitrogens is 2. The molecule has 18 heavy (non-hydrogen) atoms. The number of hydrogen-bond donors (Lipinski definition) is 1. The molecule has 0 unspecified atom stereocenters. The van der Waals surface area contributed by atoms with Crippen LogP contribution in [0.2, 0.25) is 0 Å². The normalized spacial score (nSPS) is 17.2. The van der Waals surface area contributed by atoms with Gasteiger partial charge in [-0.25, -0.2) is 4.98 Å². The van der Waals surface area contributed by atoms with Gasteiger partial charge in [-0.15, -0.1) is 0 Å². The molecule has 0 spiro atoms. The van der Waals surface area contributed by atoms with Gasteiger partial charge in [-0.3, -0.25) is 4.79 Å². The number of fused-ring (bicyclic) bond motifs is 1. The third-order valence-electron chi connectivity index (χ3n) is 3.63. The summed E-state index contributed by atoms with van der Waals surface area (Å²) in [6, 6.07) is 8.19. The molecule has 1 fully saturated rings. The first-order valence-corrected chi connectivity index (χ1v) is 6.46. The average Bonchev–Trinajstić information content (AvgIpc) is 2.41. The van der Waals surface area contributed by atoms with Crippen LogP contribution in [0.5, 0.6) is 0 Å². The molecule has 1 aliphatic rings. The second-order valence-electron chi connectivity index (χ2n) is 4.84. The van der Waals surface area contributed by atoms with Crippen molar-refractivity contribution >= 4 is 11.0 Å². The Labute approximate surface area is 106 Å². The molecule has 4 heteroatoms. The van der Waals surface area contributed by atoms with Crippen LogP contribution >= 0.6 is 0 Å². The molecule has 1 N–H and O–H groups in total. The van der Waals surface area contributed by atoms with E-state index < -0.39 is 0 Å². The third-order valence-corrected chi connectivity index (χ3v) is 3.63. The minimum Gasteiger partial charge on any atom is -0.317 e. The molecular weight excluding hydrogens is 226 g/mol. The Morgan fingerprint density at radius 2 is 2.00 bits per heavy atom. The molecule has 1 aromatic heterocycles. The zero-order chi connectivity index (χ0) is 12.5. The minimum atomic E-state index is 0.0561. The maximum atomic E-state index is 12.4. The third kappa shape index (κ3) is 1.82. The predicted octanol–water partition coefficient (Wildman–Crippen LogP) is 1.63. The molecule has 1 aromatic carbocycles. The van der Waals surface area contributed by atoms with Gasteiger partial charge in [0.05, 0.1) is 11.0 Å². The largest absolute Gasteiger partial charge is 0.317 e. The lowest BCUT2D eigenvalue weighted by atomic mass is 10.1. The standard InChI is InChI=1S/C14H17N3O/c1-10-14(18)17(11-6-8-15-9-7-11)13-5-3-2-4-12(13)16-10/h2-5,11,15H,6-9H2,1H3. The van der Waals surface area contributed by atoms with Gasteiger partial charge in [-0.2, -0.15) is 0 Å². The van der Waals surface area contributed by atoms with Crippen LogP contribution in [0.4, 0.5) is 0 Å². The Kier molecular flexibility index (Phi) is 2.88. The van der Waals surface area contributed by atoms with Crippen LogP contribution < -0.4 is 10.9 Å². The molecule has 4 nitrogen and oxygen atoms in total. The number of aryl methyl sites for hydroxylation is 1. The number of rotatable bonds is 1. The van der Waals surface area contributed by atoms with Gasteiger partial charge in [0.1, 0.15) is 5.69 Å². The topological polar surface area (TPSA) is 46.9 Å². The van der Waals surface area contributed by atoms with Crippen molar-refractivity contribution in [1.29, 1.82) is 0 Å². The van der Waals surface area contributed by atoms with E-state index in [1.807, 2.05) is 28.8 Å². The van der Waals surface area contributed by atoms with Crippen LogP contribution in [0.1, 0.15) is 24.6 Å². The maximum absolute atomic E-state index is 12.4. The predicted molar refractivity (Wildman–Crippen MR) is 71.9 cm³/mol. The van der Waals surface area contributed by atoms with Gasteiger partial charge in [-0.05, 0) is 45.0 Å². The molecule has 0 saturated carbocycles. The highest BCUT2D eigenvalue weighted by Crippen LogP contribution is 2.21. The molecule has 2 aromatic rings. The van der Waals surface area contributed by atoms with Crippen LogP contribution in [0.25, 0.3) is 11.0 Å². The van der Waals surface area contributed by atoms with Gasteiger partial charge >= 0.3 is 0 Å². The summed E-state index contributed by atoms with van der Waals surface area (Å²) >= 11 is 0. The van der Waals surface area contributed by atoms with Crippen LogP contribution in [0.15, 0.2) is 29.1 Å². The number of nitrogens with one attached hydrogen (secondary N) is 1. The molecule has 0 amide bonds. The molecule has 3 rings (SSSR count). The molecule has 0 aliphatic carbocycles. The Bertz CT molecular complexity index is 626. The zero-order valence-electron chi connectivity index (χ0n) is 10.5. The summed E-state index contributed by atoms with van der Waals surface area (Å²) in [6.45, 7) is 3.76. The minimum absolute atomic E-state index is 0.0561. The van der Waals surface area contributed by atoms with Gasteiger partial charge in [0.2, 0.25) is 0 Å². The summed E-state index contributed by atoms with van der Waals surface area (Å²) < 4.78 is 1.94. The van der Waals surface area contributed by atoms with Crippen molar-refractivity contribution in [2.45, 2.75) is 25.8 Å². The van der Waals surface area contributed by atoms with Gasteiger partial charge in [0, 0.05) is 6.04 Å². The fraction of sp³-hybridized carbons (Fsp3) is 0.429. The SMILES string of the molecule is Cc1nc2ccccc2n(C2CCNCC2)c1=O. The summed E-state index contributed by atoms with van der Waals surface area (Å²) in [4.78, 5) is 16.7. The van der Waals surface area contributed by atoms with Gasteiger partial charge in [0.25, 0.3) is 5.56 Å². The van der Waals surface area contributed by atoms with E-state index in [0.717, 1.165) is 37.0 Å². The van der Waals surface area contributed by atoms with E-state index in [1.165, 1.54) is 0 Å². The quantitative estimate of drug-likeness (QED) is 0.828. The molecule has 2 heterocycles. The van der Waals surface area contributed by atoms with Crippen LogP contribution in [-0.4, -0.2) is 22.6 Å². The smallest absolute Gasteiger partial charge is 0.272 e. The maximum Gasteiger partial charge on any atom is 0.272 e. The first kappa shape index (κ1) is 11.4. The van der Waals surface area contributed by atoms with E-state index in [9.17, 15) is 4.79 Å². The molecule has 1 saturated heterocycles. The lowest BCUT2D eigenvalue weighted by Gasteiger charge is -2.26. The van der Waals surface area contributed by atoms with Crippen LogP contribution in [0, 0.1) is 6.92 Å². The van der Waals surface area contributed by atoms with Gasteiger partial charge in [0.15, 0.2) is 0 Å². The summed E-state index contributed by atoms with van der Waals surface area (Å²) in [6.07, 6.45) is 2.01. The van der Waals surface area contributed by atoms with Crippen LogP contribution in [0.3, 0.4) is 0 Å². The van der Waals surface area contributed by atoms with E-state index in [1.54, 1.807) is 6.92 Å². The van der Waals surface area contributed by atoms with Gasteiger partial charge < -0.3 is 9.88 Å². The average molecular weight is 243 g/mol. The summed E-state index contributed by atoms with van der Waals surface area (Å²) in [5, 5.41) is 3.34. The fourth-order valence-corrected chi connectivity index (χ4v) is 2.70. The van der Waals surface area contributed by atoms with Crippen molar-refractivity contribution in [3.8, 4) is 0 Å². The summed E-state index contributed by atoms with van der Waals surface area (Å²) in [7, 11) is 0. The Hall–Kier alpha value is -1.68. The Morgan fingerprint density at radius 1 is 1.28 bits per heavy atom. The van der Waals surface area contributed by atoms with E-state index in [-0.39, 0.29) is 5.56 Å². The molecular formula is C14H17N3O. The highest BCUT2D eigenvalue weighted by molar-refractivity contribution is 5.74. The monoisotopic (exact) mass is 243 g/mol. The van der Waals surface area contributed by atoms with E-state index in [4.69, 9.17) is 0 Å². The second kappa shape index (κ2) is 4.53. The zero-order valence-corrected chi connectivity index (χ0v) is 10.5. The first-order chi connectivity index (χ1) is 8.77. The second-order valence-corrected chi connectivity index (χ2v) is 4.84. The van der Waals surface area contributed by atoms with E-state index >= 15 is 0 Å². The molecule has 94 valence electrons. The van der Waals surface area contributed by atoms with Gasteiger partial charge in [-0.1, -0.05) is 12.1 Å². The van der Waals surface area contributed by atoms with Crippen molar-refractivity contribution in [2.24, 2.45) is 0 Å². The highest BCUT2D eigenvalue weighted by atomic mass is 16.1. The fourth-order valence-electron chi connectivity index (χ4n) is 2.70.